The first-order chi connectivity index (χ1) is 11.8. The van der Waals surface area contributed by atoms with Crippen LogP contribution in [0.5, 0.6) is 0 Å². The minimum absolute atomic E-state index is 0.00239. The van der Waals surface area contributed by atoms with Crippen LogP contribution >= 0.6 is 30.1 Å². The zero-order chi connectivity index (χ0) is 16.9. The van der Waals surface area contributed by atoms with Crippen molar-refractivity contribution in [1.82, 2.24) is 4.57 Å². The van der Waals surface area contributed by atoms with Gasteiger partial charge in [-0.25, -0.2) is 0 Å². The molecular formula is C20H16INOS. The van der Waals surface area contributed by atoms with Crippen LogP contribution in [-0.4, -0.2) is 10.3 Å². The third-order valence-corrected chi connectivity index (χ3v) is 5.04. The van der Waals surface area contributed by atoms with Crippen molar-refractivity contribution >= 4 is 40.9 Å². The Balaban J connectivity index is 2.33. The molecule has 3 aromatic rings. The Labute approximate surface area is 157 Å². The van der Waals surface area contributed by atoms with Gasteiger partial charge in [0.05, 0.1) is 11.1 Å². The van der Waals surface area contributed by atoms with E-state index in [9.17, 15) is 4.79 Å². The van der Waals surface area contributed by atoms with E-state index >= 15 is 0 Å². The molecule has 0 atom stereocenters. The Morgan fingerprint density at radius 3 is 2.62 bits per heavy atom. The fourth-order valence-electron chi connectivity index (χ4n) is 2.80. The smallest absolute Gasteiger partial charge is 0.264 e. The number of fused-ring (bicyclic) bond motifs is 1. The zero-order valence-corrected chi connectivity index (χ0v) is 16.2. The molecule has 1 aromatic heterocycles. The molecule has 2 aromatic carbocycles. The van der Waals surface area contributed by atoms with Gasteiger partial charge in [-0.05, 0) is 57.3 Å². The second-order valence-electron chi connectivity index (χ2n) is 5.29. The highest BCUT2D eigenvalue weighted by Gasteiger charge is 2.12. The molecule has 120 valence electrons. The number of rotatable bonds is 3. The van der Waals surface area contributed by atoms with Gasteiger partial charge >= 0.3 is 0 Å². The molecular weight excluding hydrogens is 429 g/mol. The summed E-state index contributed by atoms with van der Waals surface area (Å²) in [6.45, 7) is 2.07. The van der Waals surface area contributed by atoms with Crippen molar-refractivity contribution in [2.24, 2.45) is 0 Å². The van der Waals surface area contributed by atoms with Gasteiger partial charge in [0.1, 0.15) is 0 Å². The monoisotopic (exact) mass is 445 g/mol. The molecule has 0 saturated carbocycles. The maximum absolute atomic E-state index is 13.3. The predicted molar refractivity (Wildman–Crippen MR) is 112 cm³/mol. The van der Waals surface area contributed by atoms with Crippen molar-refractivity contribution in [3.8, 4) is 17.5 Å². The SMILES string of the molecule is CCc1cc2cccc(C#CCSI)c2c(=O)n1-c1ccccc1. The lowest BCUT2D eigenvalue weighted by molar-refractivity contribution is 0.889. The number of hydrogen-bond donors (Lipinski definition) is 0. The van der Waals surface area contributed by atoms with Gasteiger partial charge in [-0.3, -0.25) is 9.36 Å². The summed E-state index contributed by atoms with van der Waals surface area (Å²) in [6, 6.07) is 17.8. The third kappa shape index (κ3) is 3.38. The van der Waals surface area contributed by atoms with Crippen LogP contribution in [0.25, 0.3) is 16.5 Å². The normalized spacial score (nSPS) is 10.4. The first-order valence-corrected chi connectivity index (χ1v) is 11.2. The highest BCUT2D eigenvalue weighted by Crippen LogP contribution is 2.19. The average Bonchev–Trinajstić information content (AvgIpc) is 2.62. The molecule has 0 aliphatic rings. The van der Waals surface area contributed by atoms with Crippen LogP contribution in [0.15, 0.2) is 59.4 Å². The van der Waals surface area contributed by atoms with E-state index < -0.39 is 0 Å². The maximum atomic E-state index is 13.3. The van der Waals surface area contributed by atoms with E-state index in [1.54, 1.807) is 13.5 Å². The van der Waals surface area contributed by atoms with E-state index in [4.69, 9.17) is 0 Å². The Kier molecular flexibility index (Phi) is 5.64. The minimum Gasteiger partial charge on any atom is -0.281 e. The molecule has 0 spiro atoms. The van der Waals surface area contributed by atoms with Gasteiger partial charge in [-0.2, -0.15) is 0 Å². The predicted octanol–water partition coefficient (Wildman–Crippen LogP) is 4.99. The second kappa shape index (κ2) is 7.91. The molecule has 24 heavy (non-hydrogen) atoms. The molecule has 0 radical (unpaired) electrons. The molecule has 4 heteroatoms. The van der Waals surface area contributed by atoms with Crippen molar-refractivity contribution in [3.63, 3.8) is 0 Å². The van der Waals surface area contributed by atoms with Gasteiger partial charge in [0, 0.05) is 16.9 Å². The number of pyridine rings is 1. The van der Waals surface area contributed by atoms with Crippen molar-refractivity contribution in [2.45, 2.75) is 13.3 Å². The summed E-state index contributed by atoms with van der Waals surface area (Å²) in [4.78, 5) is 13.3. The molecule has 0 bridgehead atoms. The summed E-state index contributed by atoms with van der Waals surface area (Å²) in [5.41, 5.74) is 2.70. The number of halogens is 1. The zero-order valence-electron chi connectivity index (χ0n) is 13.3. The molecule has 1 heterocycles. The number of aryl methyl sites for hydroxylation is 1. The van der Waals surface area contributed by atoms with Crippen molar-refractivity contribution in [2.75, 3.05) is 5.75 Å². The molecule has 0 N–H and O–H groups in total. The van der Waals surface area contributed by atoms with E-state index in [0.29, 0.717) is 5.39 Å². The first kappa shape index (κ1) is 17.1. The molecule has 2 nitrogen and oxygen atoms in total. The molecule has 0 aliphatic carbocycles. The summed E-state index contributed by atoms with van der Waals surface area (Å²) in [5.74, 6) is 7.02. The number of hydrogen-bond acceptors (Lipinski definition) is 2. The van der Waals surface area contributed by atoms with E-state index in [1.165, 1.54) is 0 Å². The maximum Gasteiger partial charge on any atom is 0.264 e. The standard InChI is InChI=1S/C20H16INOS/c1-2-17-14-16-9-6-8-15(10-7-13-24-21)19(16)20(23)22(17)18-11-4-3-5-12-18/h3-6,8-9,11-12,14H,2,13H2,1H3. The summed E-state index contributed by atoms with van der Waals surface area (Å²) in [5, 5.41) is 1.66. The molecule has 0 fully saturated rings. The Morgan fingerprint density at radius 2 is 1.92 bits per heavy atom. The molecule has 0 saturated heterocycles. The summed E-state index contributed by atoms with van der Waals surface area (Å²) >= 11 is 2.23. The molecule has 0 unspecified atom stereocenters. The van der Waals surface area contributed by atoms with Crippen LogP contribution in [0.1, 0.15) is 18.2 Å². The number of aromatic nitrogens is 1. The van der Waals surface area contributed by atoms with E-state index in [-0.39, 0.29) is 5.56 Å². The molecule has 0 aliphatic heterocycles. The number of para-hydroxylation sites is 1. The van der Waals surface area contributed by atoms with E-state index in [0.717, 1.165) is 34.5 Å². The Morgan fingerprint density at radius 1 is 1.12 bits per heavy atom. The van der Waals surface area contributed by atoms with Crippen LogP contribution in [0.4, 0.5) is 0 Å². The van der Waals surface area contributed by atoms with Crippen LogP contribution < -0.4 is 5.56 Å². The molecule has 0 amide bonds. The fourth-order valence-corrected chi connectivity index (χ4v) is 3.39. The van der Waals surface area contributed by atoms with Gasteiger partial charge in [0.25, 0.3) is 5.56 Å². The van der Waals surface area contributed by atoms with Gasteiger partial charge in [-0.15, -0.1) is 0 Å². The highest BCUT2D eigenvalue weighted by molar-refractivity contribution is 14.2. The van der Waals surface area contributed by atoms with Gasteiger partial charge in [0.15, 0.2) is 0 Å². The summed E-state index contributed by atoms with van der Waals surface area (Å²) in [7, 11) is 1.65. The minimum atomic E-state index is 0.00239. The Bertz CT molecular complexity index is 983. The van der Waals surface area contributed by atoms with Gasteiger partial charge in [-0.1, -0.05) is 58.0 Å². The summed E-state index contributed by atoms with van der Waals surface area (Å²) < 4.78 is 1.81. The van der Waals surface area contributed by atoms with Crippen LogP contribution in [0.2, 0.25) is 0 Å². The molecule has 3 rings (SSSR count). The van der Waals surface area contributed by atoms with Crippen LogP contribution in [0, 0.1) is 11.8 Å². The van der Waals surface area contributed by atoms with Crippen molar-refractivity contribution in [1.29, 1.82) is 0 Å². The van der Waals surface area contributed by atoms with Gasteiger partial charge < -0.3 is 0 Å². The first-order valence-electron chi connectivity index (χ1n) is 7.71. The van der Waals surface area contributed by atoms with E-state index in [1.807, 2.05) is 48.5 Å². The quantitative estimate of drug-likeness (QED) is 0.419. The third-order valence-electron chi connectivity index (χ3n) is 3.85. The fraction of sp³-hybridized carbons (Fsp3) is 0.150. The topological polar surface area (TPSA) is 22.0 Å². The average molecular weight is 445 g/mol. The van der Waals surface area contributed by atoms with Crippen LogP contribution in [0.3, 0.4) is 0 Å². The van der Waals surface area contributed by atoms with Crippen LogP contribution in [-0.2, 0) is 6.42 Å². The second-order valence-corrected chi connectivity index (χ2v) is 7.67. The van der Waals surface area contributed by atoms with Crippen molar-refractivity contribution < 1.29 is 0 Å². The summed E-state index contributed by atoms with van der Waals surface area (Å²) in [6.07, 6.45) is 0.793. The largest absolute Gasteiger partial charge is 0.281 e. The Hall–Kier alpha value is -1.71. The number of nitrogens with zero attached hydrogens (tertiary/aromatic N) is 1. The number of benzene rings is 2. The lowest BCUT2D eigenvalue weighted by atomic mass is 10.0. The lowest BCUT2D eigenvalue weighted by Crippen LogP contribution is -2.22. The lowest BCUT2D eigenvalue weighted by Gasteiger charge is -2.14. The van der Waals surface area contributed by atoms with Gasteiger partial charge in [0.2, 0.25) is 0 Å². The van der Waals surface area contributed by atoms with E-state index in [2.05, 4.69) is 46.0 Å². The highest BCUT2D eigenvalue weighted by atomic mass is 127. The van der Waals surface area contributed by atoms with Crippen molar-refractivity contribution in [3.05, 3.63) is 76.2 Å².